The molecule has 0 spiro atoms. The fourth-order valence-corrected chi connectivity index (χ4v) is 8.65. The Morgan fingerprint density at radius 2 is 1.68 bits per heavy atom. The first-order valence-corrected chi connectivity index (χ1v) is 13.7. The van der Waals surface area contributed by atoms with Crippen molar-refractivity contribution in [3.63, 3.8) is 0 Å². The van der Waals surface area contributed by atoms with Gasteiger partial charge in [-0.2, -0.15) is 0 Å². The molecule has 1 aliphatic heterocycles. The van der Waals surface area contributed by atoms with Crippen molar-refractivity contribution in [1.82, 2.24) is 4.90 Å². The Hall–Kier alpha value is -2.73. The van der Waals surface area contributed by atoms with Gasteiger partial charge in [0.1, 0.15) is 0 Å². The number of halogens is 1. The summed E-state index contributed by atoms with van der Waals surface area (Å²) in [5.41, 5.74) is 2.59. The number of ether oxygens (including phenoxy) is 3. The number of esters is 1. The van der Waals surface area contributed by atoms with Crippen molar-refractivity contribution >= 4 is 23.5 Å². The molecular weight excluding hydrogens is 490 g/mol. The van der Waals surface area contributed by atoms with Crippen LogP contribution in [0.3, 0.4) is 0 Å². The van der Waals surface area contributed by atoms with Crippen LogP contribution in [-0.4, -0.2) is 49.0 Å². The predicted molar refractivity (Wildman–Crippen MR) is 140 cm³/mol. The lowest BCUT2D eigenvalue weighted by Gasteiger charge is -2.58. The van der Waals surface area contributed by atoms with E-state index in [4.69, 9.17) is 25.8 Å². The maximum absolute atomic E-state index is 13.6. The Morgan fingerprint density at radius 1 is 1.00 bits per heavy atom. The molecule has 7 rings (SSSR count). The van der Waals surface area contributed by atoms with Crippen molar-refractivity contribution in [1.29, 1.82) is 0 Å². The molecule has 4 aliphatic carbocycles. The topological polar surface area (TPSA) is 65.1 Å². The first-order chi connectivity index (χ1) is 17.8. The van der Waals surface area contributed by atoms with Crippen LogP contribution in [0.1, 0.15) is 61.3 Å². The van der Waals surface area contributed by atoms with Gasteiger partial charge in [-0.15, -0.1) is 11.6 Å². The number of benzene rings is 2. The molecule has 196 valence electrons. The van der Waals surface area contributed by atoms with Crippen molar-refractivity contribution in [2.45, 2.75) is 55.9 Å². The average molecular weight is 524 g/mol. The van der Waals surface area contributed by atoms with Crippen LogP contribution in [0.15, 0.2) is 42.5 Å². The largest absolute Gasteiger partial charge is 0.493 e. The summed E-state index contributed by atoms with van der Waals surface area (Å²) in [5.74, 6) is 1.87. The minimum absolute atomic E-state index is 0.187. The summed E-state index contributed by atoms with van der Waals surface area (Å²) in [6.07, 6.45) is 6.21. The number of amides is 1. The van der Waals surface area contributed by atoms with Gasteiger partial charge >= 0.3 is 5.97 Å². The second kappa shape index (κ2) is 9.23. The van der Waals surface area contributed by atoms with Crippen LogP contribution >= 0.6 is 11.6 Å². The highest BCUT2D eigenvalue weighted by molar-refractivity contribution is 6.24. The van der Waals surface area contributed by atoms with Gasteiger partial charge in [0, 0.05) is 11.4 Å². The summed E-state index contributed by atoms with van der Waals surface area (Å²) in [6, 6.07) is 13.6. The van der Waals surface area contributed by atoms with Gasteiger partial charge in [-0.1, -0.05) is 30.3 Å². The number of hydrogen-bond donors (Lipinski definition) is 0. The summed E-state index contributed by atoms with van der Waals surface area (Å²) >= 11 is 6.93. The van der Waals surface area contributed by atoms with Crippen LogP contribution in [0.5, 0.6) is 11.5 Å². The van der Waals surface area contributed by atoms with Crippen molar-refractivity contribution < 1.29 is 23.8 Å². The van der Waals surface area contributed by atoms with E-state index in [9.17, 15) is 9.59 Å². The third-order valence-electron chi connectivity index (χ3n) is 9.06. The third kappa shape index (κ3) is 4.27. The molecule has 3 atom stereocenters. The standard InChI is InChI=1S/C30H34ClNO5/c1-35-24-11-22-8-9-32(27(21-6-4-3-5-7-21)23(22)12-25(24)36-2)26(33)17-37-28(34)29-13-19-10-20(14-29)16-30(31,15-19)18-29/h3-7,11-12,19-20,27H,8-10,13-18H2,1-2H3. The summed E-state index contributed by atoms with van der Waals surface area (Å²) in [4.78, 5) is 28.6. The van der Waals surface area contributed by atoms with Gasteiger partial charge < -0.3 is 19.1 Å². The van der Waals surface area contributed by atoms with E-state index in [0.29, 0.717) is 42.7 Å². The molecule has 5 aliphatic rings. The molecule has 4 bridgehead atoms. The van der Waals surface area contributed by atoms with Gasteiger partial charge in [0.2, 0.25) is 0 Å². The van der Waals surface area contributed by atoms with Crippen LogP contribution < -0.4 is 9.47 Å². The number of rotatable bonds is 6. The van der Waals surface area contributed by atoms with Crippen molar-refractivity contribution in [3.8, 4) is 11.5 Å². The van der Waals surface area contributed by atoms with Crippen LogP contribution in [0.4, 0.5) is 0 Å². The van der Waals surface area contributed by atoms with Crippen LogP contribution in [-0.2, 0) is 20.7 Å². The van der Waals surface area contributed by atoms with Crippen LogP contribution in [0, 0.1) is 17.3 Å². The van der Waals surface area contributed by atoms with Crippen molar-refractivity contribution in [3.05, 3.63) is 59.2 Å². The molecule has 4 saturated carbocycles. The van der Waals surface area contributed by atoms with E-state index in [0.717, 1.165) is 42.4 Å². The lowest BCUT2D eigenvalue weighted by atomic mass is 9.49. The molecule has 0 N–H and O–H groups in total. The Morgan fingerprint density at radius 3 is 2.32 bits per heavy atom. The van der Waals surface area contributed by atoms with E-state index in [2.05, 4.69) is 0 Å². The smallest absolute Gasteiger partial charge is 0.312 e. The second-order valence-corrected chi connectivity index (χ2v) is 12.3. The summed E-state index contributed by atoms with van der Waals surface area (Å²) in [7, 11) is 3.24. The molecule has 0 aromatic heterocycles. The first kappa shape index (κ1) is 24.6. The van der Waals surface area contributed by atoms with E-state index >= 15 is 0 Å². The van der Waals surface area contributed by atoms with Crippen molar-refractivity contribution in [2.75, 3.05) is 27.4 Å². The molecule has 37 heavy (non-hydrogen) atoms. The summed E-state index contributed by atoms with van der Waals surface area (Å²) in [6.45, 7) is 0.273. The van der Waals surface area contributed by atoms with Gasteiger partial charge in [0.25, 0.3) is 5.91 Å². The van der Waals surface area contributed by atoms with Gasteiger partial charge in [0.15, 0.2) is 18.1 Å². The number of carbonyl (C=O) groups excluding carboxylic acids is 2. The zero-order valence-corrected chi connectivity index (χ0v) is 22.3. The van der Waals surface area contributed by atoms with Crippen molar-refractivity contribution in [2.24, 2.45) is 17.3 Å². The number of methoxy groups -OCH3 is 2. The van der Waals surface area contributed by atoms with E-state index in [1.54, 1.807) is 14.2 Å². The molecule has 3 unspecified atom stereocenters. The average Bonchev–Trinajstić information content (AvgIpc) is 2.89. The minimum atomic E-state index is -0.524. The molecule has 1 heterocycles. The molecule has 2 aromatic carbocycles. The monoisotopic (exact) mass is 523 g/mol. The molecule has 2 aromatic rings. The predicted octanol–water partition coefficient (Wildman–Crippen LogP) is 5.30. The molecule has 6 nitrogen and oxygen atoms in total. The molecule has 1 amide bonds. The maximum Gasteiger partial charge on any atom is 0.312 e. The highest BCUT2D eigenvalue weighted by Gasteiger charge is 2.61. The normalized spacial score (nSPS) is 31.5. The van der Waals surface area contributed by atoms with Crippen LogP contribution in [0.2, 0.25) is 0 Å². The van der Waals surface area contributed by atoms with E-state index < -0.39 is 5.41 Å². The number of hydrogen-bond acceptors (Lipinski definition) is 5. The Kier molecular flexibility index (Phi) is 6.14. The quantitative estimate of drug-likeness (QED) is 0.380. The highest BCUT2D eigenvalue weighted by Crippen LogP contribution is 2.64. The Bertz CT molecular complexity index is 1200. The maximum atomic E-state index is 13.6. The third-order valence-corrected chi connectivity index (χ3v) is 9.50. The fraction of sp³-hybridized carbons (Fsp3) is 0.533. The second-order valence-electron chi connectivity index (χ2n) is 11.5. The lowest BCUT2D eigenvalue weighted by molar-refractivity contribution is -0.173. The number of carbonyl (C=O) groups is 2. The molecule has 4 fully saturated rings. The van der Waals surface area contributed by atoms with Gasteiger partial charge in [-0.05, 0) is 85.6 Å². The van der Waals surface area contributed by atoms with E-state index in [1.165, 1.54) is 6.42 Å². The Labute approximate surface area is 223 Å². The first-order valence-electron chi connectivity index (χ1n) is 13.3. The SMILES string of the molecule is COc1cc2c(cc1OC)C(c1ccccc1)N(C(=O)COC(=O)C13CC4CC(CC(Cl)(C4)C1)C3)CC2. The minimum Gasteiger partial charge on any atom is -0.493 e. The highest BCUT2D eigenvalue weighted by atomic mass is 35.5. The number of fused-ring (bicyclic) bond motifs is 1. The van der Waals surface area contributed by atoms with Gasteiger partial charge in [-0.3, -0.25) is 9.59 Å². The van der Waals surface area contributed by atoms with Gasteiger partial charge in [-0.25, -0.2) is 0 Å². The zero-order chi connectivity index (χ0) is 25.8. The van der Waals surface area contributed by atoms with E-state index in [1.807, 2.05) is 47.4 Å². The molecular formula is C30H34ClNO5. The summed E-state index contributed by atoms with van der Waals surface area (Å²) < 4.78 is 16.9. The fourth-order valence-electron chi connectivity index (χ4n) is 7.96. The summed E-state index contributed by atoms with van der Waals surface area (Å²) in [5, 5.41) is 0. The molecule has 7 heteroatoms. The van der Waals surface area contributed by atoms with E-state index in [-0.39, 0.29) is 29.4 Å². The molecule has 0 saturated heterocycles. The number of nitrogens with zero attached hydrogens (tertiary/aromatic N) is 1. The van der Waals surface area contributed by atoms with Gasteiger partial charge in [0.05, 0.1) is 25.7 Å². The lowest BCUT2D eigenvalue weighted by Crippen LogP contribution is -2.56. The Balaban J connectivity index is 1.24. The molecule has 0 radical (unpaired) electrons. The zero-order valence-electron chi connectivity index (χ0n) is 21.5. The van der Waals surface area contributed by atoms with Crippen LogP contribution in [0.25, 0.3) is 0 Å². The number of alkyl halides is 1.